The second-order valence-electron chi connectivity index (χ2n) is 12.3. The lowest BCUT2D eigenvalue weighted by Gasteiger charge is -2.32. The third-order valence-corrected chi connectivity index (χ3v) is 8.20. The number of aromatic carboxylic acids is 1. The Balaban J connectivity index is 0.000000309. The zero-order valence-corrected chi connectivity index (χ0v) is 30.8. The largest absolute Gasteiger partial charge is 0.573 e. The molecule has 3 aromatic rings. The van der Waals surface area contributed by atoms with Crippen LogP contribution in [0.1, 0.15) is 66.8 Å². The molecular formula is C37H40F3N5O13. The number of methoxy groups -OCH3 is 1. The Labute approximate surface area is 328 Å². The SMILES string of the molecule is COc1ccc(C2CCC(C#N)C(=O)C2CC(=O)O)cc1.O=C(O)CCCNc1ccc([N+](=O)[O-])c(NCCCC(=O)O)n1.O=C(O)c1ccccc1OC(F)(F)F. The number of anilines is 2. The van der Waals surface area contributed by atoms with Crippen molar-refractivity contribution in [1.82, 2.24) is 4.98 Å². The van der Waals surface area contributed by atoms with Crippen molar-refractivity contribution in [3.05, 3.63) is 81.9 Å². The maximum Gasteiger partial charge on any atom is 0.573 e. The highest BCUT2D eigenvalue weighted by molar-refractivity contribution is 5.91. The molecule has 6 N–H and O–H groups in total. The summed E-state index contributed by atoms with van der Waals surface area (Å²) in [5.74, 6) is -5.60. The molecule has 2 aromatic carbocycles. The van der Waals surface area contributed by atoms with Gasteiger partial charge >= 0.3 is 35.9 Å². The number of nitro groups is 1. The Morgan fingerprint density at radius 3 is 2.03 bits per heavy atom. The van der Waals surface area contributed by atoms with Gasteiger partial charge in [-0.1, -0.05) is 24.3 Å². The van der Waals surface area contributed by atoms with Gasteiger partial charge in [0.15, 0.2) is 5.78 Å². The molecule has 1 aliphatic carbocycles. The summed E-state index contributed by atoms with van der Waals surface area (Å²) in [6.45, 7) is 0.609. The van der Waals surface area contributed by atoms with E-state index in [0.29, 0.717) is 43.8 Å². The third-order valence-electron chi connectivity index (χ3n) is 8.20. The van der Waals surface area contributed by atoms with Crippen LogP contribution in [0.15, 0.2) is 60.7 Å². The van der Waals surface area contributed by atoms with Crippen LogP contribution in [0.25, 0.3) is 0 Å². The molecule has 1 aromatic heterocycles. The molecule has 0 aliphatic heterocycles. The zero-order chi connectivity index (χ0) is 43.4. The number of hydrogen-bond donors (Lipinski definition) is 6. The zero-order valence-electron chi connectivity index (χ0n) is 30.8. The molecule has 1 heterocycles. The van der Waals surface area contributed by atoms with Crippen LogP contribution in [-0.4, -0.2) is 86.6 Å². The predicted molar refractivity (Wildman–Crippen MR) is 197 cm³/mol. The van der Waals surface area contributed by atoms with Gasteiger partial charge in [-0.2, -0.15) is 5.26 Å². The standard InChI is InChI=1S/C16H17NO4.C13H18N4O6.C8H5F3O3/c1-21-12-5-2-10(3-6-12)13-7-4-11(9-17)16(20)14(13)8-15(18)19;18-11(19)3-1-7-14-10-6-5-9(17(22)23)13(16-10)15-8-2-4-12(20)21;9-8(10,11)14-6-4-2-1-3-5(6)7(12)13/h2-3,5-6,11,13-14H,4,7-8H2,1H3,(H,18,19);5-6H,1-4,7-8H2,(H,18,19)(H,20,21)(H2,14,15,16);1-4H,(H,12,13). The Hall–Kier alpha value is -6.98. The predicted octanol–water partition coefficient (Wildman–Crippen LogP) is 6.20. The van der Waals surface area contributed by atoms with Crippen molar-refractivity contribution < 1.29 is 72.0 Å². The number of carbonyl (C=O) groups is 5. The van der Waals surface area contributed by atoms with Gasteiger partial charge in [-0.25, -0.2) is 9.78 Å². The van der Waals surface area contributed by atoms with E-state index >= 15 is 0 Å². The van der Waals surface area contributed by atoms with Gasteiger partial charge in [0.2, 0.25) is 5.82 Å². The second-order valence-corrected chi connectivity index (χ2v) is 12.3. The topological polar surface area (TPSA) is 289 Å². The molecule has 58 heavy (non-hydrogen) atoms. The van der Waals surface area contributed by atoms with Gasteiger partial charge in [0.1, 0.15) is 28.8 Å². The number of nitriles is 1. The summed E-state index contributed by atoms with van der Waals surface area (Å²) in [4.78, 5) is 69.1. The van der Waals surface area contributed by atoms with Crippen molar-refractivity contribution in [1.29, 1.82) is 5.26 Å². The lowest BCUT2D eigenvalue weighted by molar-refractivity contribution is -0.384. The number of aliphatic carboxylic acids is 3. The van der Waals surface area contributed by atoms with E-state index in [1.54, 1.807) is 19.2 Å². The normalized spacial score (nSPS) is 15.8. The van der Waals surface area contributed by atoms with Crippen molar-refractivity contribution in [3.63, 3.8) is 0 Å². The number of aromatic nitrogens is 1. The number of para-hydroxylation sites is 1. The number of rotatable bonds is 17. The smallest absolute Gasteiger partial charge is 0.497 e. The number of carboxylic acids is 4. The van der Waals surface area contributed by atoms with Crippen LogP contribution in [0, 0.1) is 33.3 Å². The third kappa shape index (κ3) is 16.4. The van der Waals surface area contributed by atoms with E-state index in [2.05, 4.69) is 20.4 Å². The quantitative estimate of drug-likeness (QED) is 0.0502. The van der Waals surface area contributed by atoms with E-state index in [-0.39, 0.29) is 49.0 Å². The van der Waals surface area contributed by atoms with Crippen LogP contribution in [0.3, 0.4) is 0 Å². The number of ketones is 1. The maximum atomic E-state index is 12.3. The molecule has 18 nitrogen and oxygen atoms in total. The fourth-order valence-electron chi connectivity index (χ4n) is 5.54. The van der Waals surface area contributed by atoms with Crippen LogP contribution in [-0.2, 0) is 19.2 Å². The first-order chi connectivity index (χ1) is 27.4. The first-order valence-electron chi connectivity index (χ1n) is 17.3. The fourth-order valence-corrected chi connectivity index (χ4v) is 5.54. The highest BCUT2D eigenvalue weighted by atomic mass is 19.4. The molecule has 312 valence electrons. The average Bonchev–Trinajstić information content (AvgIpc) is 3.15. The molecule has 1 saturated carbocycles. The summed E-state index contributed by atoms with van der Waals surface area (Å²) in [5, 5.41) is 60.2. The van der Waals surface area contributed by atoms with Crippen molar-refractivity contribution in [2.75, 3.05) is 30.8 Å². The molecule has 4 rings (SSSR count). The summed E-state index contributed by atoms with van der Waals surface area (Å²) in [7, 11) is 1.57. The monoisotopic (exact) mass is 819 g/mol. The van der Waals surface area contributed by atoms with Gasteiger partial charge in [-0.05, 0) is 67.5 Å². The Kier molecular flexibility index (Phi) is 18.8. The van der Waals surface area contributed by atoms with Gasteiger partial charge in [0.05, 0.1) is 24.5 Å². The van der Waals surface area contributed by atoms with Crippen molar-refractivity contribution in [3.8, 4) is 17.6 Å². The number of benzene rings is 2. The highest BCUT2D eigenvalue weighted by Gasteiger charge is 2.40. The number of nitrogens with zero attached hydrogens (tertiary/aromatic N) is 3. The molecule has 21 heteroatoms. The first kappa shape index (κ1) is 47.2. The molecule has 0 radical (unpaired) electrons. The van der Waals surface area contributed by atoms with E-state index in [1.165, 1.54) is 24.3 Å². The fraction of sp³-hybridized carbons (Fsp3) is 0.378. The van der Waals surface area contributed by atoms with Crippen LogP contribution in [0.4, 0.5) is 30.5 Å². The summed E-state index contributed by atoms with van der Waals surface area (Å²) in [5.41, 5.74) is 0.188. The number of pyridine rings is 1. The Bertz CT molecular complexity index is 1940. The minimum atomic E-state index is -4.88. The van der Waals surface area contributed by atoms with Crippen molar-refractivity contribution in [2.24, 2.45) is 11.8 Å². The van der Waals surface area contributed by atoms with E-state index < -0.39 is 58.3 Å². The second kappa shape index (κ2) is 23.2. The molecule has 3 unspecified atom stereocenters. The summed E-state index contributed by atoms with van der Waals surface area (Å²) in [6, 6.07) is 16.6. The van der Waals surface area contributed by atoms with Gasteiger partial charge in [0, 0.05) is 37.9 Å². The number of carboxylic acid groups (broad SMARTS) is 4. The average molecular weight is 820 g/mol. The Morgan fingerprint density at radius 2 is 1.52 bits per heavy atom. The molecule has 0 amide bonds. The molecular weight excluding hydrogens is 779 g/mol. The van der Waals surface area contributed by atoms with E-state index in [9.17, 15) is 47.3 Å². The molecule has 0 bridgehead atoms. The van der Waals surface area contributed by atoms with Gasteiger partial charge in [0.25, 0.3) is 0 Å². The van der Waals surface area contributed by atoms with E-state index in [1.807, 2.05) is 18.2 Å². The number of ether oxygens (including phenoxy) is 2. The number of Topliss-reactive ketones (excluding diaryl/α,β-unsaturated/α-hetero) is 1. The maximum absolute atomic E-state index is 12.3. The van der Waals surface area contributed by atoms with Crippen LogP contribution in [0.2, 0.25) is 0 Å². The molecule has 3 atom stereocenters. The van der Waals surface area contributed by atoms with Gasteiger partial charge in [-0.3, -0.25) is 29.3 Å². The van der Waals surface area contributed by atoms with Gasteiger partial charge < -0.3 is 40.5 Å². The van der Waals surface area contributed by atoms with E-state index in [4.69, 9.17) is 30.4 Å². The number of carbonyl (C=O) groups excluding carboxylic acids is 1. The number of hydrogen-bond acceptors (Lipinski definition) is 13. The lowest BCUT2D eigenvalue weighted by Crippen LogP contribution is -2.34. The number of nitrogens with one attached hydrogen (secondary N) is 2. The molecule has 1 aliphatic rings. The minimum absolute atomic E-state index is 0.0142. The van der Waals surface area contributed by atoms with E-state index in [0.717, 1.165) is 17.7 Å². The van der Waals surface area contributed by atoms with Crippen molar-refractivity contribution in [2.45, 2.75) is 57.2 Å². The Morgan fingerprint density at radius 1 is 0.914 bits per heavy atom. The summed E-state index contributed by atoms with van der Waals surface area (Å²) >= 11 is 0. The minimum Gasteiger partial charge on any atom is -0.497 e. The molecule has 1 fully saturated rings. The molecule has 0 spiro atoms. The highest BCUT2D eigenvalue weighted by Crippen LogP contribution is 2.40. The van der Waals surface area contributed by atoms with Gasteiger partial charge in [-0.15, -0.1) is 13.2 Å². The summed E-state index contributed by atoms with van der Waals surface area (Å²) in [6.07, 6.45) is -3.30. The van der Waals surface area contributed by atoms with Crippen LogP contribution >= 0.6 is 0 Å². The first-order valence-corrected chi connectivity index (χ1v) is 17.3. The lowest BCUT2D eigenvalue weighted by atomic mass is 9.69. The summed E-state index contributed by atoms with van der Waals surface area (Å²) < 4.78 is 43.9. The number of halogens is 3. The van der Waals surface area contributed by atoms with Crippen LogP contribution in [0.5, 0.6) is 11.5 Å². The number of alkyl halides is 3. The van der Waals surface area contributed by atoms with Crippen LogP contribution < -0.4 is 20.1 Å². The molecule has 0 saturated heterocycles. The van der Waals surface area contributed by atoms with Crippen molar-refractivity contribution >= 4 is 47.0 Å².